The van der Waals surface area contributed by atoms with E-state index in [0.717, 1.165) is 11.8 Å². The molecule has 0 aromatic heterocycles. The molecule has 0 fully saturated rings. The number of benzene rings is 1. The average Bonchev–Trinajstić information content (AvgIpc) is 2.17. The Kier molecular flexibility index (Phi) is 1.85. The molecular weight excluding hydrogens is 168 g/mol. The molecule has 0 N–H and O–H groups in total. The van der Waals surface area contributed by atoms with Crippen molar-refractivity contribution in [1.82, 2.24) is 0 Å². The van der Waals surface area contributed by atoms with Gasteiger partial charge in [0.05, 0.1) is 6.42 Å². The molecule has 0 saturated heterocycles. The fourth-order valence-electron chi connectivity index (χ4n) is 1.38. The molecule has 0 atom stereocenters. The summed E-state index contributed by atoms with van der Waals surface area (Å²) in [6.45, 7) is 0. The van der Waals surface area contributed by atoms with Crippen LogP contribution in [0.5, 0.6) is 5.75 Å². The summed E-state index contributed by atoms with van der Waals surface area (Å²) in [5.41, 5.74) is 1.56. The topological polar surface area (TPSA) is 43.4 Å². The lowest BCUT2D eigenvalue weighted by Gasteiger charge is -2.14. The van der Waals surface area contributed by atoms with Crippen LogP contribution in [0.3, 0.4) is 0 Å². The molecule has 2 rings (SSSR count). The molecule has 3 heteroatoms. The molecule has 0 aliphatic carbocycles. The zero-order valence-corrected chi connectivity index (χ0v) is 6.95. The lowest BCUT2D eigenvalue weighted by atomic mass is 10.0. The minimum absolute atomic E-state index is 0.202. The number of aldehydes is 1. The summed E-state index contributed by atoms with van der Waals surface area (Å²) in [5, 5.41) is 0. The van der Waals surface area contributed by atoms with Gasteiger partial charge in [-0.1, -0.05) is 0 Å². The average molecular weight is 176 g/mol. The van der Waals surface area contributed by atoms with Crippen molar-refractivity contribution in [1.29, 1.82) is 0 Å². The van der Waals surface area contributed by atoms with Gasteiger partial charge in [-0.2, -0.15) is 0 Å². The molecule has 0 bridgehead atoms. The van der Waals surface area contributed by atoms with Crippen molar-refractivity contribution >= 4 is 12.3 Å². The monoisotopic (exact) mass is 176 g/mol. The molecule has 0 unspecified atom stereocenters. The quantitative estimate of drug-likeness (QED) is 0.368. The van der Waals surface area contributed by atoms with Gasteiger partial charge >= 0.3 is 5.97 Å². The van der Waals surface area contributed by atoms with E-state index in [1.807, 2.05) is 0 Å². The molecular formula is C10H8O3. The van der Waals surface area contributed by atoms with Crippen molar-refractivity contribution < 1.29 is 14.3 Å². The van der Waals surface area contributed by atoms with Gasteiger partial charge in [-0.25, -0.2) is 0 Å². The van der Waals surface area contributed by atoms with Gasteiger partial charge in [0.2, 0.25) is 0 Å². The number of ether oxygens (including phenoxy) is 1. The maximum Gasteiger partial charge on any atom is 0.311 e. The third-order valence-electron chi connectivity index (χ3n) is 2.04. The number of carbonyl (C=O) groups excluding carboxylic acids is 2. The predicted octanol–water partition coefficient (Wildman–Crippen LogP) is 1.35. The second-order valence-electron chi connectivity index (χ2n) is 2.96. The van der Waals surface area contributed by atoms with E-state index >= 15 is 0 Å². The molecule has 0 amide bonds. The molecule has 3 nitrogen and oxygen atoms in total. The van der Waals surface area contributed by atoms with Gasteiger partial charge in [0.25, 0.3) is 0 Å². The van der Waals surface area contributed by atoms with E-state index in [1.165, 1.54) is 0 Å². The molecule has 0 saturated carbocycles. The first-order valence-electron chi connectivity index (χ1n) is 4.08. The number of carbonyl (C=O) groups is 2. The van der Waals surface area contributed by atoms with Crippen molar-refractivity contribution in [3.05, 3.63) is 29.3 Å². The van der Waals surface area contributed by atoms with Crippen LogP contribution in [-0.2, 0) is 11.2 Å². The van der Waals surface area contributed by atoms with Gasteiger partial charge < -0.3 is 4.74 Å². The molecule has 66 valence electrons. The van der Waals surface area contributed by atoms with Crippen molar-refractivity contribution in [2.45, 2.75) is 12.8 Å². The summed E-state index contributed by atoms with van der Waals surface area (Å²) >= 11 is 0. The van der Waals surface area contributed by atoms with Gasteiger partial charge in [0.1, 0.15) is 12.0 Å². The highest BCUT2D eigenvalue weighted by molar-refractivity contribution is 5.79. The zero-order valence-electron chi connectivity index (χ0n) is 6.95. The van der Waals surface area contributed by atoms with E-state index in [9.17, 15) is 9.59 Å². The molecule has 13 heavy (non-hydrogen) atoms. The molecule has 1 heterocycles. The Morgan fingerprint density at radius 3 is 2.92 bits per heavy atom. The lowest BCUT2D eigenvalue weighted by molar-refractivity contribution is -0.135. The standard InChI is InChI=1S/C10H8O3/c11-6-7-1-3-9-8(5-7)2-4-10(12)13-9/h1,3,5-6H,2,4H2. The van der Waals surface area contributed by atoms with Crippen LogP contribution in [0.15, 0.2) is 18.2 Å². The minimum atomic E-state index is -0.202. The highest BCUT2D eigenvalue weighted by atomic mass is 16.5. The first kappa shape index (κ1) is 7.98. The smallest absolute Gasteiger partial charge is 0.311 e. The van der Waals surface area contributed by atoms with E-state index in [1.54, 1.807) is 18.2 Å². The Labute approximate surface area is 75.3 Å². The van der Waals surface area contributed by atoms with Gasteiger partial charge in [0, 0.05) is 5.56 Å². The summed E-state index contributed by atoms with van der Waals surface area (Å²) < 4.78 is 4.98. The van der Waals surface area contributed by atoms with Crippen molar-refractivity contribution in [3.63, 3.8) is 0 Å². The summed E-state index contributed by atoms with van der Waals surface area (Å²) in [4.78, 5) is 21.3. The Bertz CT molecular complexity index is 368. The van der Waals surface area contributed by atoms with Crippen LogP contribution in [0.4, 0.5) is 0 Å². The highest BCUT2D eigenvalue weighted by Crippen LogP contribution is 2.25. The third-order valence-corrected chi connectivity index (χ3v) is 2.04. The second-order valence-corrected chi connectivity index (χ2v) is 2.96. The maximum atomic E-state index is 10.9. The summed E-state index contributed by atoms with van der Waals surface area (Å²) in [6, 6.07) is 5.06. The van der Waals surface area contributed by atoms with Crippen LogP contribution in [0, 0.1) is 0 Å². The van der Waals surface area contributed by atoms with E-state index < -0.39 is 0 Å². The van der Waals surface area contributed by atoms with E-state index in [-0.39, 0.29) is 5.97 Å². The number of fused-ring (bicyclic) bond motifs is 1. The van der Waals surface area contributed by atoms with Crippen molar-refractivity contribution in [2.75, 3.05) is 0 Å². The SMILES string of the molecule is O=Cc1ccc2c(c1)CCC(=O)O2. The molecule has 1 aromatic carbocycles. The van der Waals surface area contributed by atoms with Crippen molar-refractivity contribution in [2.24, 2.45) is 0 Å². The number of esters is 1. The van der Waals surface area contributed by atoms with E-state index in [4.69, 9.17) is 4.74 Å². The fourth-order valence-corrected chi connectivity index (χ4v) is 1.38. The third kappa shape index (κ3) is 1.45. The van der Waals surface area contributed by atoms with Crippen LogP contribution >= 0.6 is 0 Å². The number of hydrogen-bond donors (Lipinski definition) is 0. The van der Waals surface area contributed by atoms with Crippen LogP contribution in [0.25, 0.3) is 0 Å². The van der Waals surface area contributed by atoms with E-state index in [0.29, 0.717) is 24.2 Å². The summed E-state index contributed by atoms with van der Waals surface area (Å²) in [6.07, 6.45) is 1.85. The van der Waals surface area contributed by atoms with Crippen LogP contribution in [0.2, 0.25) is 0 Å². The molecule has 0 spiro atoms. The van der Waals surface area contributed by atoms with E-state index in [2.05, 4.69) is 0 Å². The van der Waals surface area contributed by atoms with Crippen LogP contribution < -0.4 is 4.74 Å². The normalized spacial score (nSPS) is 14.6. The Balaban J connectivity index is 2.42. The number of hydrogen-bond acceptors (Lipinski definition) is 3. The van der Waals surface area contributed by atoms with Crippen LogP contribution in [-0.4, -0.2) is 12.3 Å². The van der Waals surface area contributed by atoms with Gasteiger partial charge in [-0.05, 0) is 30.2 Å². The summed E-state index contributed by atoms with van der Waals surface area (Å²) in [5.74, 6) is 0.383. The maximum absolute atomic E-state index is 10.9. The first-order chi connectivity index (χ1) is 6.29. The van der Waals surface area contributed by atoms with Crippen LogP contribution in [0.1, 0.15) is 22.3 Å². The molecule has 0 radical (unpaired) electrons. The van der Waals surface area contributed by atoms with Gasteiger partial charge in [0.15, 0.2) is 0 Å². The molecule has 1 aliphatic rings. The van der Waals surface area contributed by atoms with Crippen molar-refractivity contribution in [3.8, 4) is 5.75 Å². The lowest BCUT2D eigenvalue weighted by Crippen LogP contribution is -2.15. The predicted molar refractivity (Wildman–Crippen MR) is 45.8 cm³/mol. The minimum Gasteiger partial charge on any atom is -0.426 e. The number of rotatable bonds is 1. The zero-order chi connectivity index (χ0) is 9.26. The Morgan fingerprint density at radius 1 is 1.31 bits per heavy atom. The highest BCUT2D eigenvalue weighted by Gasteiger charge is 2.16. The Morgan fingerprint density at radius 2 is 2.15 bits per heavy atom. The molecule has 1 aliphatic heterocycles. The second kappa shape index (κ2) is 3.01. The van der Waals surface area contributed by atoms with Gasteiger partial charge in [-0.15, -0.1) is 0 Å². The fraction of sp³-hybridized carbons (Fsp3) is 0.200. The first-order valence-corrected chi connectivity index (χ1v) is 4.08. The van der Waals surface area contributed by atoms with Gasteiger partial charge in [-0.3, -0.25) is 9.59 Å². The summed E-state index contributed by atoms with van der Waals surface area (Å²) in [7, 11) is 0. The Hall–Kier alpha value is -1.64. The molecule has 1 aromatic rings. The largest absolute Gasteiger partial charge is 0.426 e. The number of aryl methyl sites for hydroxylation is 1.